The number of fused-ring (bicyclic) bond motifs is 1. The molecule has 0 saturated carbocycles. The number of nitrogens with one attached hydrogen (secondary N) is 1. The van der Waals surface area contributed by atoms with E-state index in [4.69, 9.17) is 26.1 Å². The number of nitrogens with zero attached hydrogens (tertiary/aromatic N) is 6. The summed E-state index contributed by atoms with van der Waals surface area (Å²) < 4.78 is 10.7. The number of pyridine rings is 2. The van der Waals surface area contributed by atoms with Crippen molar-refractivity contribution in [3.63, 3.8) is 0 Å². The van der Waals surface area contributed by atoms with Crippen molar-refractivity contribution in [1.29, 1.82) is 0 Å². The van der Waals surface area contributed by atoms with Crippen LogP contribution in [0.5, 0.6) is 5.88 Å². The van der Waals surface area contributed by atoms with E-state index in [0.717, 1.165) is 81.3 Å². The fourth-order valence-electron chi connectivity index (χ4n) is 4.40. The predicted octanol–water partition coefficient (Wildman–Crippen LogP) is 3.25. The van der Waals surface area contributed by atoms with E-state index < -0.39 is 0 Å². The van der Waals surface area contributed by atoms with Crippen molar-refractivity contribution >= 4 is 40.1 Å². The third-order valence-electron chi connectivity index (χ3n) is 6.27. The molecule has 174 valence electrons. The number of ether oxygens (including phenoxy) is 2. The first-order valence-corrected chi connectivity index (χ1v) is 11.7. The molecule has 0 amide bonds. The number of piperidine rings is 1. The lowest BCUT2D eigenvalue weighted by molar-refractivity contribution is 0.122. The molecule has 10 heteroatoms. The standard InChI is InChI=1S/C23H28ClN7O2/c1-32-22-18(24)15-27-23(29-22)26-14-16-4-7-31(8-5-16)21-17-3-2-6-25-19(17)13-20(28-21)30-9-11-33-12-10-30/h2-3,6,13,15-16H,4-5,7-12,14H2,1H3,(H,26,27,29). The molecule has 9 nitrogen and oxygen atoms in total. The predicted molar refractivity (Wildman–Crippen MR) is 130 cm³/mol. The van der Waals surface area contributed by atoms with Crippen LogP contribution >= 0.6 is 11.6 Å². The van der Waals surface area contributed by atoms with E-state index in [9.17, 15) is 0 Å². The van der Waals surface area contributed by atoms with Crippen LogP contribution in [0.15, 0.2) is 30.6 Å². The minimum absolute atomic E-state index is 0.385. The summed E-state index contributed by atoms with van der Waals surface area (Å²) >= 11 is 6.02. The highest BCUT2D eigenvalue weighted by Gasteiger charge is 2.24. The van der Waals surface area contributed by atoms with Crippen molar-refractivity contribution in [2.24, 2.45) is 5.92 Å². The number of hydrogen-bond acceptors (Lipinski definition) is 9. The fraction of sp³-hybridized carbons (Fsp3) is 0.478. The second-order valence-electron chi connectivity index (χ2n) is 8.34. The van der Waals surface area contributed by atoms with Crippen LogP contribution in [0.1, 0.15) is 12.8 Å². The summed E-state index contributed by atoms with van der Waals surface area (Å²) in [6.45, 7) is 5.88. The molecule has 3 aromatic heterocycles. The monoisotopic (exact) mass is 469 g/mol. The van der Waals surface area contributed by atoms with Crippen molar-refractivity contribution in [1.82, 2.24) is 19.9 Å². The van der Waals surface area contributed by atoms with Gasteiger partial charge in [0.1, 0.15) is 16.7 Å². The molecule has 1 N–H and O–H groups in total. The van der Waals surface area contributed by atoms with Crippen LogP contribution in [0.3, 0.4) is 0 Å². The van der Waals surface area contributed by atoms with E-state index in [1.165, 1.54) is 0 Å². The quantitative estimate of drug-likeness (QED) is 0.584. The minimum atomic E-state index is 0.385. The topological polar surface area (TPSA) is 88.5 Å². The molecular weight excluding hydrogens is 442 g/mol. The van der Waals surface area contributed by atoms with Crippen LogP contribution in [0.25, 0.3) is 10.9 Å². The Balaban J connectivity index is 1.27. The van der Waals surface area contributed by atoms with Gasteiger partial charge in [-0.25, -0.2) is 9.97 Å². The number of halogens is 1. The zero-order chi connectivity index (χ0) is 22.6. The smallest absolute Gasteiger partial charge is 0.237 e. The number of hydrogen-bond donors (Lipinski definition) is 1. The highest BCUT2D eigenvalue weighted by Crippen LogP contribution is 2.31. The zero-order valence-corrected chi connectivity index (χ0v) is 19.5. The molecule has 0 bridgehead atoms. The third kappa shape index (κ3) is 4.89. The second-order valence-corrected chi connectivity index (χ2v) is 8.74. The summed E-state index contributed by atoms with van der Waals surface area (Å²) in [4.78, 5) is 23.0. The maximum absolute atomic E-state index is 6.02. The molecule has 0 aromatic carbocycles. The molecule has 0 spiro atoms. The number of rotatable bonds is 6. The molecule has 33 heavy (non-hydrogen) atoms. The number of morpholine rings is 1. The van der Waals surface area contributed by atoms with Crippen LogP contribution in [0.2, 0.25) is 5.02 Å². The van der Waals surface area contributed by atoms with Crippen LogP contribution in [0, 0.1) is 5.92 Å². The molecular formula is C23H28ClN7O2. The molecule has 2 saturated heterocycles. The first-order chi connectivity index (χ1) is 16.2. The second kappa shape index (κ2) is 9.93. The minimum Gasteiger partial charge on any atom is -0.480 e. The van der Waals surface area contributed by atoms with Crippen molar-refractivity contribution in [3.05, 3.63) is 35.6 Å². The normalized spacial score (nSPS) is 17.4. The summed E-state index contributed by atoms with van der Waals surface area (Å²) in [6, 6.07) is 6.20. The Morgan fingerprint density at radius 1 is 1.12 bits per heavy atom. The highest BCUT2D eigenvalue weighted by molar-refractivity contribution is 6.31. The molecule has 0 atom stereocenters. The molecule has 5 heterocycles. The summed E-state index contributed by atoms with van der Waals surface area (Å²) in [5.74, 6) is 3.46. The lowest BCUT2D eigenvalue weighted by Gasteiger charge is -2.34. The van der Waals surface area contributed by atoms with Crippen molar-refractivity contribution in [2.45, 2.75) is 12.8 Å². The Bertz CT molecular complexity index is 1100. The lowest BCUT2D eigenvalue weighted by atomic mass is 9.96. The van der Waals surface area contributed by atoms with Gasteiger partial charge in [-0.3, -0.25) is 4.98 Å². The largest absolute Gasteiger partial charge is 0.480 e. The van der Waals surface area contributed by atoms with Crippen molar-refractivity contribution in [2.75, 3.05) is 68.2 Å². The van der Waals surface area contributed by atoms with Crippen molar-refractivity contribution < 1.29 is 9.47 Å². The molecule has 2 aliphatic rings. The Morgan fingerprint density at radius 3 is 2.73 bits per heavy atom. The molecule has 3 aromatic rings. The van der Waals surface area contributed by atoms with Crippen LogP contribution in [0.4, 0.5) is 17.6 Å². The lowest BCUT2D eigenvalue weighted by Crippen LogP contribution is -2.38. The van der Waals surface area contributed by atoms with Crippen LogP contribution in [-0.2, 0) is 4.74 Å². The number of methoxy groups -OCH3 is 1. The number of aromatic nitrogens is 4. The Hall–Kier alpha value is -2.91. The van der Waals surface area contributed by atoms with Gasteiger partial charge < -0.3 is 24.6 Å². The Kier molecular flexibility index (Phi) is 6.59. The zero-order valence-electron chi connectivity index (χ0n) is 18.7. The first kappa shape index (κ1) is 21.9. The summed E-state index contributed by atoms with van der Waals surface area (Å²) in [6.07, 6.45) is 5.53. The van der Waals surface area contributed by atoms with Gasteiger partial charge in [0, 0.05) is 50.4 Å². The Labute approximate surface area is 198 Å². The van der Waals surface area contributed by atoms with Gasteiger partial charge >= 0.3 is 0 Å². The third-order valence-corrected chi connectivity index (χ3v) is 6.53. The van der Waals surface area contributed by atoms with E-state index in [1.54, 1.807) is 13.3 Å². The SMILES string of the molecule is COc1nc(NCC2CCN(c3nc(N4CCOCC4)cc4ncccc34)CC2)ncc1Cl. The highest BCUT2D eigenvalue weighted by atomic mass is 35.5. The molecule has 5 rings (SSSR count). The average Bonchev–Trinajstić information content (AvgIpc) is 2.88. The van der Waals surface area contributed by atoms with Gasteiger partial charge in [0.15, 0.2) is 0 Å². The molecule has 0 unspecified atom stereocenters. The Morgan fingerprint density at radius 2 is 1.94 bits per heavy atom. The van der Waals surface area contributed by atoms with Gasteiger partial charge in [0.25, 0.3) is 0 Å². The first-order valence-electron chi connectivity index (χ1n) is 11.3. The molecule has 2 aliphatic heterocycles. The maximum atomic E-state index is 6.02. The van der Waals surface area contributed by atoms with E-state index in [1.807, 2.05) is 12.3 Å². The van der Waals surface area contributed by atoms with Gasteiger partial charge in [-0.15, -0.1) is 0 Å². The maximum Gasteiger partial charge on any atom is 0.237 e. The number of anilines is 3. The van der Waals surface area contributed by atoms with Gasteiger partial charge in [-0.2, -0.15) is 4.98 Å². The van der Waals surface area contributed by atoms with Gasteiger partial charge in [-0.05, 0) is 30.9 Å². The molecule has 0 radical (unpaired) electrons. The fourth-order valence-corrected chi connectivity index (χ4v) is 4.57. The van der Waals surface area contributed by atoms with Gasteiger partial charge in [-0.1, -0.05) is 11.6 Å². The van der Waals surface area contributed by atoms with E-state index in [2.05, 4.69) is 42.2 Å². The van der Waals surface area contributed by atoms with Crippen molar-refractivity contribution in [3.8, 4) is 5.88 Å². The van der Waals surface area contributed by atoms with Gasteiger partial charge in [0.05, 0.1) is 32.0 Å². The van der Waals surface area contributed by atoms with E-state index in [-0.39, 0.29) is 0 Å². The average molecular weight is 470 g/mol. The summed E-state index contributed by atoms with van der Waals surface area (Å²) in [7, 11) is 1.55. The summed E-state index contributed by atoms with van der Waals surface area (Å²) in [5.41, 5.74) is 0.988. The summed E-state index contributed by atoms with van der Waals surface area (Å²) in [5, 5.41) is 4.84. The van der Waals surface area contributed by atoms with Crippen LogP contribution in [-0.4, -0.2) is 73.0 Å². The van der Waals surface area contributed by atoms with Gasteiger partial charge in [0.2, 0.25) is 11.8 Å². The van der Waals surface area contributed by atoms with E-state index in [0.29, 0.717) is 22.8 Å². The van der Waals surface area contributed by atoms with E-state index >= 15 is 0 Å². The molecule has 2 fully saturated rings. The molecule has 0 aliphatic carbocycles. The van der Waals surface area contributed by atoms with Crippen LogP contribution < -0.4 is 19.9 Å².